The molecule has 1 N–H and O–H groups in total. The van der Waals surface area contributed by atoms with E-state index in [0.717, 1.165) is 24.0 Å². The molecule has 1 aromatic heterocycles. The number of aromatic amines is 1. The molecule has 2 aromatic rings. The van der Waals surface area contributed by atoms with Gasteiger partial charge in [0.1, 0.15) is 5.82 Å². The fraction of sp³-hybridized carbons (Fsp3) is 0.214. The van der Waals surface area contributed by atoms with Gasteiger partial charge < -0.3 is 4.98 Å². The van der Waals surface area contributed by atoms with Gasteiger partial charge in [0, 0.05) is 13.1 Å². The predicted molar refractivity (Wildman–Crippen MR) is 64.6 cm³/mol. The maximum Gasteiger partial charge on any atom is 0.175 e. The molecule has 0 bridgehead atoms. The highest BCUT2D eigenvalue weighted by Crippen LogP contribution is 2.10. The van der Waals surface area contributed by atoms with E-state index in [1.165, 1.54) is 19.1 Å². The summed E-state index contributed by atoms with van der Waals surface area (Å²) in [5.41, 5.74) is 2.83. The number of ketones is 1. The van der Waals surface area contributed by atoms with Crippen molar-refractivity contribution in [1.29, 1.82) is 0 Å². The van der Waals surface area contributed by atoms with E-state index in [9.17, 15) is 9.18 Å². The van der Waals surface area contributed by atoms with Crippen LogP contribution >= 0.6 is 0 Å². The van der Waals surface area contributed by atoms with Crippen LogP contribution < -0.4 is 0 Å². The molecule has 88 valence electrons. The van der Waals surface area contributed by atoms with Crippen LogP contribution in [0.3, 0.4) is 0 Å². The summed E-state index contributed by atoms with van der Waals surface area (Å²) < 4.78 is 12.7. The molecule has 0 saturated heterocycles. The molecule has 1 heterocycles. The average molecular weight is 231 g/mol. The smallest absolute Gasteiger partial charge is 0.175 e. The molecular weight excluding hydrogens is 217 g/mol. The highest BCUT2D eigenvalue weighted by atomic mass is 19.1. The Morgan fingerprint density at radius 2 is 1.82 bits per heavy atom. The average Bonchev–Trinajstić information content (AvgIpc) is 2.77. The monoisotopic (exact) mass is 231 g/mol. The Balaban J connectivity index is 1.97. The highest BCUT2D eigenvalue weighted by molar-refractivity contribution is 5.92. The first kappa shape index (κ1) is 11.6. The van der Waals surface area contributed by atoms with Crippen molar-refractivity contribution < 1.29 is 9.18 Å². The number of carbonyl (C=O) groups is 1. The SMILES string of the molecule is CC(=O)c1cc(CCc2ccc(F)cc2)c[nH]1. The third-order valence-electron chi connectivity index (χ3n) is 2.74. The predicted octanol–water partition coefficient (Wildman–Crippen LogP) is 3.14. The van der Waals surface area contributed by atoms with Crippen LogP contribution in [0.4, 0.5) is 4.39 Å². The highest BCUT2D eigenvalue weighted by Gasteiger charge is 2.03. The van der Waals surface area contributed by atoms with Crippen LogP contribution in [0.5, 0.6) is 0 Å². The van der Waals surface area contributed by atoms with Gasteiger partial charge in [-0.2, -0.15) is 0 Å². The third kappa shape index (κ3) is 3.03. The number of Topliss-reactive ketones (excluding diaryl/α,β-unsaturated/α-hetero) is 1. The van der Waals surface area contributed by atoms with Crippen molar-refractivity contribution in [2.75, 3.05) is 0 Å². The number of hydrogen-bond acceptors (Lipinski definition) is 1. The van der Waals surface area contributed by atoms with Gasteiger partial charge in [-0.05, 0) is 42.2 Å². The second-order valence-electron chi connectivity index (χ2n) is 4.10. The molecule has 17 heavy (non-hydrogen) atoms. The number of H-pyrrole nitrogens is 1. The van der Waals surface area contributed by atoms with E-state index < -0.39 is 0 Å². The van der Waals surface area contributed by atoms with Gasteiger partial charge >= 0.3 is 0 Å². The van der Waals surface area contributed by atoms with E-state index in [-0.39, 0.29) is 11.6 Å². The van der Waals surface area contributed by atoms with Gasteiger partial charge in [0.05, 0.1) is 5.69 Å². The first-order chi connectivity index (χ1) is 8.15. The van der Waals surface area contributed by atoms with Gasteiger partial charge in [0.15, 0.2) is 5.78 Å². The number of carbonyl (C=O) groups excluding carboxylic acids is 1. The standard InChI is InChI=1S/C14H14FNO/c1-10(17)14-8-12(9-16-14)3-2-11-4-6-13(15)7-5-11/h4-9,16H,2-3H2,1H3. The summed E-state index contributed by atoms with van der Waals surface area (Å²) in [4.78, 5) is 14.0. The zero-order valence-corrected chi connectivity index (χ0v) is 9.66. The fourth-order valence-corrected chi connectivity index (χ4v) is 1.73. The number of hydrogen-bond donors (Lipinski definition) is 1. The lowest BCUT2D eigenvalue weighted by atomic mass is 10.1. The van der Waals surface area contributed by atoms with Crippen molar-refractivity contribution >= 4 is 5.78 Å². The Morgan fingerprint density at radius 3 is 2.41 bits per heavy atom. The van der Waals surface area contributed by atoms with Gasteiger partial charge in [-0.25, -0.2) is 4.39 Å². The van der Waals surface area contributed by atoms with Crippen LogP contribution in [0.15, 0.2) is 36.5 Å². The van der Waals surface area contributed by atoms with Crippen molar-refractivity contribution in [2.45, 2.75) is 19.8 Å². The minimum absolute atomic E-state index is 0.0398. The van der Waals surface area contributed by atoms with E-state index in [1.807, 2.05) is 12.3 Å². The van der Waals surface area contributed by atoms with Gasteiger partial charge in [-0.15, -0.1) is 0 Å². The van der Waals surface area contributed by atoms with Crippen molar-refractivity contribution in [3.63, 3.8) is 0 Å². The van der Waals surface area contributed by atoms with Crippen molar-refractivity contribution in [2.24, 2.45) is 0 Å². The Kier molecular flexibility index (Phi) is 3.38. The minimum Gasteiger partial charge on any atom is -0.359 e. The van der Waals surface area contributed by atoms with E-state index in [0.29, 0.717) is 5.69 Å². The number of benzene rings is 1. The molecule has 0 aliphatic carbocycles. The minimum atomic E-state index is -0.214. The molecule has 2 rings (SSSR count). The number of halogens is 1. The molecule has 0 saturated carbocycles. The van der Waals surface area contributed by atoms with E-state index in [1.54, 1.807) is 12.1 Å². The number of aryl methyl sites for hydroxylation is 2. The molecule has 2 nitrogen and oxygen atoms in total. The lowest BCUT2D eigenvalue weighted by Crippen LogP contribution is -1.91. The molecule has 3 heteroatoms. The molecule has 0 atom stereocenters. The molecule has 0 fully saturated rings. The number of rotatable bonds is 4. The maximum atomic E-state index is 12.7. The summed E-state index contributed by atoms with van der Waals surface area (Å²) in [6, 6.07) is 8.37. The first-order valence-electron chi connectivity index (χ1n) is 5.58. The second kappa shape index (κ2) is 4.95. The molecule has 0 aliphatic rings. The summed E-state index contributed by atoms with van der Waals surface area (Å²) in [5.74, 6) is -0.174. The molecule has 0 radical (unpaired) electrons. The second-order valence-corrected chi connectivity index (χ2v) is 4.10. The number of nitrogens with one attached hydrogen (secondary N) is 1. The molecular formula is C14H14FNO. The summed E-state index contributed by atoms with van der Waals surface area (Å²) in [6.45, 7) is 1.54. The van der Waals surface area contributed by atoms with Gasteiger partial charge in [-0.1, -0.05) is 12.1 Å². The van der Waals surface area contributed by atoms with Gasteiger partial charge in [-0.3, -0.25) is 4.79 Å². The van der Waals surface area contributed by atoms with E-state index in [4.69, 9.17) is 0 Å². The van der Waals surface area contributed by atoms with E-state index in [2.05, 4.69) is 4.98 Å². The Bertz CT molecular complexity index is 513. The van der Waals surface area contributed by atoms with Crippen molar-refractivity contribution in [1.82, 2.24) is 4.98 Å². The summed E-state index contributed by atoms with van der Waals surface area (Å²) in [5, 5.41) is 0. The lowest BCUT2D eigenvalue weighted by molar-refractivity contribution is 0.101. The largest absolute Gasteiger partial charge is 0.359 e. The van der Waals surface area contributed by atoms with Crippen LogP contribution in [0.2, 0.25) is 0 Å². The molecule has 0 amide bonds. The van der Waals surface area contributed by atoms with Crippen molar-refractivity contribution in [3.05, 3.63) is 59.2 Å². The van der Waals surface area contributed by atoms with Crippen LogP contribution in [-0.2, 0) is 12.8 Å². The fourth-order valence-electron chi connectivity index (χ4n) is 1.73. The Labute approximate surface area is 99.5 Å². The lowest BCUT2D eigenvalue weighted by Gasteiger charge is -1.99. The summed E-state index contributed by atoms with van der Waals surface area (Å²) in [7, 11) is 0. The van der Waals surface area contributed by atoms with Gasteiger partial charge in [0.2, 0.25) is 0 Å². The van der Waals surface area contributed by atoms with Crippen LogP contribution in [0.1, 0.15) is 28.5 Å². The zero-order chi connectivity index (χ0) is 12.3. The molecule has 0 spiro atoms. The normalized spacial score (nSPS) is 10.5. The molecule has 0 aliphatic heterocycles. The Morgan fingerprint density at radius 1 is 1.18 bits per heavy atom. The molecule has 0 unspecified atom stereocenters. The zero-order valence-electron chi connectivity index (χ0n) is 9.66. The van der Waals surface area contributed by atoms with Crippen LogP contribution in [0.25, 0.3) is 0 Å². The third-order valence-corrected chi connectivity index (χ3v) is 2.74. The Hall–Kier alpha value is -1.90. The topological polar surface area (TPSA) is 32.9 Å². The van der Waals surface area contributed by atoms with Crippen LogP contribution in [-0.4, -0.2) is 10.8 Å². The summed E-state index contributed by atoms with van der Waals surface area (Å²) in [6.07, 6.45) is 3.53. The summed E-state index contributed by atoms with van der Waals surface area (Å²) >= 11 is 0. The van der Waals surface area contributed by atoms with Crippen molar-refractivity contribution in [3.8, 4) is 0 Å². The van der Waals surface area contributed by atoms with Crippen LogP contribution in [0, 0.1) is 5.82 Å². The maximum absolute atomic E-state index is 12.7. The van der Waals surface area contributed by atoms with E-state index >= 15 is 0 Å². The first-order valence-corrected chi connectivity index (χ1v) is 5.58. The molecule has 1 aromatic carbocycles. The quantitative estimate of drug-likeness (QED) is 0.805. The number of aromatic nitrogens is 1. The van der Waals surface area contributed by atoms with Gasteiger partial charge in [0.25, 0.3) is 0 Å².